The summed E-state index contributed by atoms with van der Waals surface area (Å²) in [5, 5.41) is 2.99. The fraction of sp³-hybridized carbons (Fsp3) is 0.250. The van der Waals surface area contributed by atoms with Crippen LogP contribution >= 0.6 is 0 Å². The van der Waals surface area contributed by atoms with Crippen molar-refractivity contribution in [1.82, 2.24) is 14.8 Å². The molecule has 0 unspecified atom stereocenters. The van der Waals surface area contributed by atoms with Gasteiger partial charge in [0.1, 0.15) is 0 Å². The monoisotopic (exact) mass is 349 g/mol. The summed E-state index contributed by atoms with van der Waals surface area (Å²) in [6, 6.07) is 11.9. The van der Waals surface area contributed by atoms with Crippen LogP contribution in [0.4, 0.5) is 4.39 Å². The van der Waals surface area contributed by atoms with Gasteiger partial charge in [-0.2, -0.15) is 0 Å². The van der Waals surface area contributed by atoms with Gasteiger partial charge in [0.05, 0.1) is 0 Å². The number of amides is 1. The molecule has 0 radical (unpaired) electrons. The van der Waals surface area contributed by atoms with Gasteiger partial charge >= 0.3 is 153 Å². The van der Waals surface area contributed by atoms with Gasteiger partial charge in [-0.3, -0.25) is 0 Å². The number of nitrogens with one attached hydrogen (secondary N) is 1. The Bertz CT molecular complexity index is 942. The SMILES string of the molecule is Cc1nbcn1-c1cc(C(=O)NC(C)(C)C)cc(-c2ccc(F)cc2)c1. The number of rotatable bonds is 3. The average Bonchev–Trinajstić information content (AvgIpc) is 2.99. The molecule has 2 aromatic carbocycles. The van der Waals surface area contributed by atoms with Crippen LogP contribution in [0.5, 0.6) is 0 Å². The van der Waals surface area contributed by atoms with Crippen LogP contribution in [0, 0.1) is 12.7 Å². The number of benzene rings is 2. The molecule has 0 aliphatic carbocycles. The van der Waals surface area contributed by atoms with Crippen molar-refractivity contribution >= 4 is 13.0 Å². The first-order valence-corrected chi connectivity index (χ1v) is 8.47. The zero-order valence-electron chi connectivity index (χ0n) is 15.4. The molecule has 0 atom stereocenters. The quantitative estimate of drug-likeness (QED) is 0.781. The van der Waals surface area contributed by atoms with Crippen LogP contribution in [0.1, 0.15) is 37.0 Å². The van der Waals surface area contributed by atoms with Crippen LogP contribution in [0.3, 0.4) is 0 Å². The molecule has 0 fully saturated rings. The Labute approximate surface area is 153 Å². The minimum absolute atomic E-state index is 0.152. The van der Waals surface area contributed by atoms with Crippen LogP contribution in [0.25, 0.3) is 16.8 Å². The molecular weight excluding hydrogens is 328 g/mol. The summed E-state index contributed by atoms with van der Waals surface area (Å²) in [7, 11) is 1.72. The Balaban J connectivity index is 2.12. The van der Waals surface area contributed by atoms with Crippen LogP contribution in [0.15, 0.2) is 48.6 Å². The van der Waals surface area contributed by atoms with Gasteiger partial charge in [-0.15, -0.1) is 0 Å². The normalized spacial score (nSPS) is 11.3. The van der Waals surface area contributed by atoms with E-state index in [2.05, 4.69) is 10.2 Å². The van der Waals surface area contributed by atoms with Crippen molar-refractivity contribution in [2.45, 2.75) is 33.2 Å². The van der Waals surface area contributed by atoms with Gasteiger partial charge in [-0.05, 0) is 0 Å². The van der Waals surface area contributed by atoms with Gasteiger partial charge < -0.3 is 0 Å². The maximum atomic E-state index is 13.3. The molecule has 0 saturated heterocycles. The van der Waals surface area contributed by atoms with Crippen LogP contribution in [-0.4, -0.2) is 28.0 Å². The molecule has 0 spiro atoms. The van der Waals surface area contributed by atoms with Crippen molar-refractivity contribution in [3.63, 3.8) is 0 Å². The van der Waals surface area contributed by atoms with Gasteiger partial charge in [0, 0.05) is 0 Å². The van der Waals surface area contributed by atoms with E-state index in [1.807, 2.05) is 56.6 Å². The summed E-state index contributed by atoms with van der Waals surface area (Å²) in [6.07, 6.45) is 1.85. The van der Waals surface area contributed by atoms with Crippen molar-refractivity contribution in [3.8, 4) is 16.8 Å². The summed E-state index contributed by atoms with van der Waals surface area (Å²) in [6.45, 7) is 7.72. The van der Waals surface area contributed by atoms with Gasteiger partial charge in [-0.1, -0.05) is 0 Å². The molecule has 132 valence electrons. The molecule has 1 aromatic heterocycles. The summed E-state index contributed by atoms with van der Waals surface area (Å²) < 4.78 is 15.2. The predicted molar refractivity (Wildman–Crippen MR) is 102 cm³/mol. The molecule has 0 aliphatic rings. The molecule has 1 heterocycles. The number of nitrogens with zero attached hydrogens (tertiary/aromatic N) is 2. The Morgan fingerprint density at radius 3 is 2.38 bits per heavy atom. The second-order valence-electron chi connectivity index (χ2n) is 7.32. The molecule has 3 rings (SSSR count). The molecule has 3 aromatic rings. The minimum atomic E-state index is -0.339. The predicted octanol–water partition coefficient (Wildman–Crippen LogP) is 3.85. The molecule has 6 heteroatoms. The molecule has 4 nitrogen and oxygen atoms in total. The van der Waals surface area contributed by atoms with Crippen molar-refractivity contribution < 1.29 is 9.18 Å². The van der Waals surface area contributed by atoms with Crippen molar-refractivity contribution in [1.29, 1.82) is 0 Å². The number of aromatic nitrogens is 2. The third-order valence-electron chi connectivity index (χ3n) is 3.95. The molecular formula is C20H21BFN3O. The fourth-order valence-electron chi connectivity index (χ4n) is 2.75. The van der Waals surface area contributed by atoms with E-state index in [-0.39, 0.29) is 17.3 Å². The Morgan fingerprint density at radius 1 is 1.12 bits per heavy atom. The molecule has 0 bridgehead atoms. The van der Waals surface area contributed by atoms with E-state index in [1.54, 1.807) is 19.2 Å². The third-order valence-corrected chi connectivity index (χ3v) is 3.95. The van der Waals surface area contributed by atoms with Gasteiger partial charge in [0.25, 0.3) is 0 Å². The maximum absolute atomic E-state index is 13.3. The van der Waals surface area contributed by atoms with Crippen molar-refractivity contribution in [2.24, 2.45) is 0 Å². The fourth-order valence-corrected chi connectivity index (χ4v) is 2.75. The summed E-state index contributed by atoms with van der Waals surface area (Å²) in [5.74, 6) is 0.380. The number of halogens is 1. The summed E-state index contributed by atoms with van der Waals surface area (Å²) in [5.41, 5.74) is 2.73. The Hall–Kier alpha value is -2.76. The van der Waals surface area contributed by atoms with E-state index in [4.69, 9.17) is 0 Å². The zero-order chi connectivity index (χ0) is 18.9. The third kappa shape index (κ3) is 4.07. The number of carbonyl (C=O) groups is 1. The van der Waals surface area contributed by atoms with Gasteiger partial charge in [0.2, 0.25) is 0 Å². The first-order chi connectivity index (χ1) is 12.2. The second kappa shape index (κ2) is 6.86. The molecule has 1 amide bonds. The summed E-state index contributed by atoms with van der Waals surface area (Å²) >= 11 is 0. The molecule has 1 N–H and O–H groups in total. The first-order valence-electron chi connectivity index (χ1n) is 8.47. The van der Waals surface area contributed by atoms with E-state index in [9.17, 15) is 9.18 Å². The van der Waals surface area contributed by atoms with Crippen LogP contribution in [-0.2, 0) is 0 Å². The Morgan fingerprint density at radius 2 is 1.81 bits per heavy atom. The van der Waals surface area contributed by atoms with Crippen LogP contribution < -0.4 is 5.32 Å². The van der Waals surface area contributed by atoms with E-state index in [0.29, 0.717) is 5.56 Å². The topological polar surface area (TPSA) is 46.9 Å². The molecule has 26 heavy (non-hydrogen) atoms. The van der Waals surface area contributed by atoms with Gasteiger partial charge in [0.15, 0.2) is 0 Å². The number of hydrogen-bond acceptors (Lipinski definition) is 2. The second-order valence-corrected chi connectivity index (χ2v) is 7.32. The van der Waals surface area contributed by atoms with Crippen molar-refractivity contribution in [3.05, 3.63) is 65.8 Å². The Kier molecular flexibility index (Phi) is 4.76. The van der Waals surface area contributed by atoms with E-state index >= 15 is 0 Å². The average molecular weight is 349 g/mol. The molecule has 0 saturated carbocycles. The van der Waals surface area contributed by atoms with Crippen molar-refractivity contribution in [2.75, 3.05) is 0 Å². The van der Waals surface area contributed by atoms with Crippen LogP contribution in [0.2, 0.25) is 0 Å². The van der Waals surface area contributed by atoms with E-state index in [0.717, 1.165) is 22.6 Å². The van der Waals surface area contributed by atoms with E-state index < -0.39 is 0 Å². The first kappa shape index (κ1) is 18.0. The number of aryl methyl sites for hydroxylation is 1. The van der Waals surface area contributed by atoms with E-state index in [1.165, 1.54) is 12.1 Å². The standard InChI is InChI=1S/C20H21BFN3O/c1-13-24-21-12-25(13)18-10-15(14-5-7-17(22)8-6-14)9-16(11-18)19(26)23-20(2,3)4/h5-12H,1-4H3,(H,23,26). The molecule has 0 aliphatic heterocycles. The number of carbonyl (C=O) groups excluding carboxylic acids is 1. The zero-order valence-corrected chi connectivity index (χ0v) is 15.4. The number of hydrogen-bond donors (Lipinski definition) is 1. The van der Waals surface area contributed by atoms with Gasteiger partial charge in [-0.25, -0.2) is 0 Å². The summed E-state index contributed by atoms with van der Waals surface area (Å²) in [4.78, 5) is 17.0.